The molecule has 125 heavy (non-hydrogen) atoms. The first-order valence-electron chi connectivity index (χ1n) is 40.2. The molecule has 0 bridgehead atoms. The third-order valence-corrected chi connectivity index (χ3v) is 20.8. The van der Waals surface area contributed by atoms with Crippen LogP contribution in [0.2, 0.25) is 0 Å². The molecule has 18 aromatic rings. The van der Waals surface area contributed by atoms with Gasteiger partial charge in [0.2, 0.25) is 0 Å². The number of halogens is 3. The fourth-order valence-electron chi connectivity index (χ4n) is 14.4. The molecule has 2 aliphatic heterocycles. The van der Waals surface area contributed by atoms with E-state index in [1.807, 2.05) is 176 Å². The van der Waals surface area contributed by atoms with E-state index in [0.29, 0.717) is 61.6 Å². The number of pyridine rings is 5. The van der Waals surface area contributed by atoms with Crippen LogP contribution in [0.1, 0.15) is 70.8 Å². The van der Waals surface area contributed by atoms with Gasteiger partial charge in [0.1, 0.15) is 29.0 Å². The predicted molar refractivity (Wildman–Crippen MR) is 474 cm³/mol. The van der Waals surface area contributed by atoms with Gasteiger partial charge < -0.3 is 30.7 Å². The molecule has 20 rings (SSSR count). The number of hydrogen-bond donors (Lipinski definition) is 8. The van der Waals surface area contributed by atoms with E-state index in [1.165, 1.54) is 60.0 Å². The molecular formula is C97H78F3N19O6. The number of ether oxygens (including phenoxy) is 2. The smallest absolute Gasteiger partial charge is 0.276 e. The van der Waals surface area contributed by atoms with Crippen LogP contribution in [0.25, 0.3) is 88.1 Å². The molecule has 28 heteroatoms. The van der Waals surface area contributed by atoms with Gasteiger partial charge in [-0.15, -0.1) is 0 Å². The number of nitrogens with zero attached hydrogens (tertiary/aromatic N) is 11. The Balaban J connectivity index is 0.000000118. The summed E-state index contributed by atoms with van der Waals surface area (Å²) in [6.45, 7) is 7.32. The molecule has 9 aromatic carbocycles. The predicted octanol–water partition coefficient (Wildman–Crippen LogP) is 18.7. The second kappa shape index (κ2) is 38.1. The van der Waals surface area contributed by atoms with E-state index in [9.17, 15) is 32.3 Å². The van der Waals surface area contributed by atoms with Crippen molar-refractivity contribution in [3.63, 3.8) is 0 Å². The molecule has 2 aliphatic rings. The average Bonchev–Trinajstić information content (AvgIpc) is 1.67. The van der Waals surface area contributed by atoms with Crippen molar-refractivity contribution in [1.29, 1.82) is 0 Å². The highest BCUT2D eigenvalue weighted by Crippen LogP contribution is 2.34. The summed E-state index contributed by atoms with van der Waals surface area (Å²) in [5.41, 5.74) is 17.8. The van der Waals surface area contributed by atoms with E-state index >= 15 is 0 Å². The van der Waals surface area contributed by atoms with Crippen molar-refractivity contribution in [2.45, 2.75) is 25.9 Å². The number of likely N-dealkylation sites (tertiary alicyclic amines) is 1. The zero-order valence-electron chi connectivity index (χ0n) is 66.9. The van der Waals surface area contributed by atoms with Crippen LogP contribution >= 0.6 is 0 Å². The van der Waals surface area contributed by atoms with Gasteiger partial charge in [-0.3, -0.25) is 74.3 Å². The molecule has 0 saturated carbocycles. The SMILES string of the molecule is O=C(Nc1ccc(Cc2ccccc2)nc1)c1n[nH]c2ccc(-c3cccnc3)cc12.O=C(Nc1cccc(F)c1)c1n[nH]c2ccc(-c3cncc(CN4CCC4)c3)cc12.O=C(Nc1cccc(F)c1)c1n[nH]c2ccc(-c3cncc(CN4CCOCC4)c3)cc12.O=C(Nc1cccc(F)c1)c1n[nH]c2ccc(-c3cncc(Oc4ccccc4)c3)cc12. The zero-order valence-corrected chi connectivity index (χ0v) is 66.9. The molecule has 0 spiro atoms. The van der Waals surface area contributed by atoms with Gasteiger partial charge in [-0.2, -0.15) is 20.4 Å². The first kappa shape index (κ1) is 81.3. The summed E-state index contributed by atoms with van der Waals surface area (Å²) in [6.07, 6.45) is 18.0. The van der Waals surface area contributed by atoms with Gasteiger partial charge in [0.25, 0.3) is 23.6 Å². The van der Waals surface area contributed by atoms with Crippen molar-refractivity contribution in [1.82, 2.24) is 75.5 Å². The number of benzene rings is 9. The number of carbonyl (C=O) groups is 4. The van der Waals surface area contributed by atoms with Gasteiger partial charge in [-0.1, -0.05) is 97.1 Å². The Morgan fingerprint density at radius 1 is 0.344 bits per heavy atom. The fraction of sp³-hybridized carbons (Fsp3) is 0.103. The minimum Gasteiger partial charge on any atom is -0.456 e. The molecule has 2 saturated heterocycles. The Morgan fingerprint density at radius 2 is 0.760 bits per heavy atom. The van der Waals surface area contributed by atoms with Crippen LogP contribution in [0.15, 0.2) is 304 Å². The number of amides is 4. The number of morpholine rings is 1. The zero-order chi connectivity index (χ0) is 85.4. The summed E-state index contributed by atoms with van der Waals surface area (Å²) in [5.74, 6) is -1.45. The minimum absolute atomic E-state index is 0.218. The van der Waals surface area contributed by atoms with E-state index in [1.54, 1.807) is 61.3 Å². The van der Waals surface area contributed by atoms with E-state index < -0.39 is 35.2 Å². The number of rotatable bonds is 20. The van der Waals surface area contributed by atoms with Gasteiger partial charge in [-0.05, 0) is 210 Å². The molecule has 25 nitrogen and oxygen atoms in total. The maximum absolute atomic E-state index is 13.4. The standard InChI is InChI=1S/C25H17FN4O2.C25H19N5O.C24H22FN5O2.C23H20FN5O/c26-18-5-4-6-19(13-18)28-25(31)24-22-12-16(9-10-23(22)29-30-24)17-11-21(15-27-14-17)32-20-7-2-1-3-8-20;31-25(28-21-10-9-20(27-16-21)13-17-5-2-1-3-6-17)24-22-14-18(8-11-23(22)29-30-24)19-7-4-12-26-15-19;25-19-2-1-3-20(12-19)27-24(31)23-21-11-17(4-5-22(21)28-29-23)18-10-16(13-26-14-18)15-30-6-8-32-9-7-30;24-18-3-1-4-19(11-18)26-23(30)22-20-10-16(5-6-21(20)27-28-22)17-9-15(12-25-13-17)14-29-7-2-8-29/h1-15H,(H,28,31)(H,29,30);1-12,14-16H,13H2,(H,28,31)(H,29,30);1-5,10-14H,6-9,15H2,(H,27,31)(H,28,29);1,3-6,9-13H,2,7-8,14H2,(H,26,30)(H,27,28). The largest absolute Gasteiger partial charge is 0.456 e. The summed E-state index contributed by atoms with van der Waals surface area (Å²) in [7, 11) is 0. The number of fused-ring (bicyclic) bond motifs is 4. The highest BCUT2D eigenvalue weighted by molar-refractivity contribution is 6.14. The Bertz CT molecular complexity index is 6890. The lowest BCUT2D eigenvalue weighted by Gasteiger charge is -2.30. The number of aromatic amines is 4. The summed E-state index contributed by atoms with van der Waals surface area (Å²) in [6, 6.07) is 73.8. The van der Waals surface area contributed by atoms with Crippen molar-refractivity contribution in [3.05, 3.63) is 367 Å². The summed E-state index contributed by atoms with van der Waals surface area (Å²) in [5, 5.41) is 42.1. The number of aromatic nitrogens is 13. The number of carbonyl (C=O) groups excluding carboxylic acids is 4. The molecule has 4 amide bonds. The van der Waals surface area contributed by atoms with E-state index in [0.717, 1.165) is 137 Å². The highest BCUT2D eigenvalue weighted by atomic mass is 19.1. The number of hydrogen-bond acceptors (Lipinski definition) is 17. The third kappa shape index (κ3) is 20.4. The molecule has 9 aromatic heterocycles. The van der Waals surface area contributed by atoms with Crippen molar-refractivity contribution < 1.29 is 41.8 Å². The molecule has 11 heterocycles. The van der Waals surface area contributed by atoms with Crippen molar-refractivity contribution in [2.24, 2.45) is 0 Å². The molecule has 0 unspecified atom stereocenters. The van der Waals surface area contributed by atoms with E-state index in [4.69, 9.17) is 9.47 Å². The second-order valence-corrected chi connectivity index (χ2v) is 29.6. The van der Waals surface area contributed by atoms with Crippen LogP contribution in [0.3, 0.4) is 0 Å². The number of nitrogens with one attached hydrogen (secondary N) is 8. The van der Waals surface area contributed by atoms with Crippen molar-refractivity contribution >= 4 is 90.0 Å². The van der Waals surface area contributed by atoms with E-state index in [-0.39, 0.29) is 23.0 Å². The molecule has 0 aliphatic carbocycles. The maximum Gasteiger partial charge on any atom is 0.276 e. The quantitative estimate of drug-likeness (QED) is 0.0351. The van der Waals surface area contributed by atoms with Gasteiger partial charge in [0.15, 0.2) is 22.8 Å². The Morgan fingerprint density at radius 3 is 1.18 bits per heavy atom. The molecule has 0 atom stereocenters. The molecule has 0 radical (unpaired) electrons. The van der Waals surface area contributed by atoms with Crippen LogP contribution in [-0.4, -0.2) is 139 Å². The van der Waals surface area contributed by atoms with E-state index in [2.05, 4.69) is 121 Å². The summed E-state index contributed by atoms with van der Waals surface area (Å²) in [4.78, 5) is 77.6. The van der Waals surface area contributed by atoms with Crippen LogP contribution in [-0.2, 0) is 24.2 Å². The minimum atomic E-state index is -0.432. The molecule has 8 N–H and O–H groups in total. The van der Waals surface area contributed by atoms with Crippen molar-refractivity contribution in [2.75, 3.05) is 60.7 Å². The number of H-pyrrole nitrogens is 4. The summed E-state index contributed by atoms with van der Waals surface area (Å²) >= 11 is 0. The first-order valence-corrected chi connectivity index (χ1v) is 40.2. The lowest BCUT2D eigenvalue weighted by Crippen LogP contribution is -2.36. The van der Waals surface area contributed by atoms with Gasteiger partial charge in [0.05, 0.1) is 53.4 Å². The lowest BCUT2D eigenvalue weighted by molar-refractivity contribution is 0.0341. The Kier molecular flexibility index (Phi) is 24.8. The van der Waals surface area contributed by atoms with Crippen molar-refractivity contribution in [3.8, 4) is 56.0 Å². The monoisotopic (exact) mass is 1660 g/mol. The maximum atomic E-state index is 13.4. The van der Waals surface area contributed by atoms with Crippen LogP contribution in [0, 0.1) is 17.5 Å². The number of anilines is 4. The Labute approximate surface area is 713 Å². The number of para-hydroxylation sites is 1. The van der Waals surface area contributed by atoms with Gasteiger partial charge in [-0.25, -0.2) is 13.2 Å². The normalized spacial score (nSPS) is 12.5. The van der Waals surface area contributed by atoms with Gasteiger partial charge >= 0.3 is 0 Å². The molecule has 2 fully saturated rings. The Hall–Kier alpha value is -16.0. The highest BCUT2D eigenvalue weighted by Gasteiger charge is 2.23. The average molecular weight is 1660 g/mol. The lowest BCUT2D eigenvalue weighted by atomic mass is 10.0. The molecule has 618 valence electrons. The van der Waals surface area contributed by atoms with Crippen LogP contribution in [0.5, 0.6) is 11.5 Å². The van der Waals surface area contributed by atoms with Crippen LogP contribution < -0.4 is 26.0 Å². The third-order valence-electron chi connectivity index (χ3n) is 20.8. The topological polar surface area (TPSA) is 321 Å². The molecular weight excluding hydrogens is 1580 g/mol. The van der Waals surface area contributed by atoms with Gasteiger partial charge in [0, 0.05) is 143 Å². The fourth-order valence-corrected chi connectivity index (χ4v) is 14.4. The van der Waals surface area contributed by atoms with Crippen LogP contribution in [0.4, 0.5) is 35.9 Å². The first-order chi connectivity index (χ1) is 61.2. The summed E-state index contributed by atoms with van der Waals surface area (Å²) < 4.78 is 51.6. The second-order valence-electron chi connectivity index (χ2n) is 29.6.